The van der Waals surface area contributed by atoms with Crippen molar-refractivity contribution >= 4 is 11.9 Å². The van der Waals surface area contributed by atoms with Crippen molar-refractivity contribution in [3.8, 4) is 23.7 Å². The van der Waals surface area contributed by atoms with Gasteiger partial charge in [0.1, 0.15) is 12.7 Å². The number of esters is 2. The zero-order valence-electron chi connectivity index (χ0n) is 15.2. The Morgan fingerprint density at radius 3 is 2.32 bits per heavy atom. The maximum absolute atomic E-state index is 11.0. The average molecular weight is 342 g/mol. The molecule has 0 spiro atoms. The summed E-state index contributed by atoms with van der Waals surface area (Å²) in [6.07, 6.45) is 14.3. The second kappa shape index (κ2) is 16.1. The van der Waals surface area contributed by atoms with Crippen molar-refractivity contribution in [1.29, 1.82) is 0 Å². The summed E-state index contributed by atoms with van der Waals surface area (Å²) in [5.41, 5.74) is 0. The number of allylic oxidation sites excluding steroid dienone is 5. The smallest absolute Gasteiger partial charge is 0.302 e. The maximum Gasteiger partial charge on any atom is 0.302 e. The van der Waals surface area contributed by atoms with Gasteiger partial charge in [0, 0.05) is 13.8 Å². The van der Waals surface area contributed by atoms with Crippen molar-refractivity contribution in [2.45, 2.75) is 52.6 Å². The lowest BCUT2D eigenvalue weighted by Gasteiger charge is -2.14. The third-order valence-corrected chi connectivity index (χ3v) is 2.82. The van der Waals surface area contributed by atoms with Crippen LogP contribution in [0.3, 0.4) is 0 Å². The van der Waals surface area contributed by atoms with E-state index in [1.54, 1.807) is 18.2 Å². The molecular weight excluding hydrogens is 316 g/mol. The first-order valence-corrected chi connectivity index (χ1v) is 8.34. The van der Waals surface area contributed by atoms with E-state index in [4.69, 9.17) is 9.47 Å². The summed E-state index contributed by atoms with van der Waals surface area (Å²) in [5.74, 6) is 10.3. The van der Waals surface area contributed by atoms with Crippen LogP contribution in [0.1, 0.15) is 46.5 Å². The predicted molar refractivity (Wildman–Crippen MR) is 99.3 cm³/mol. The number of ether oxygens (including phenoxy) is 2. The molecule has 0 radical (unpaired) electrons. The zero-order chi connectivity index (χ0) is 18.8. The standard InChI is InChI=1S/C21H26O4/c1-4-16-21(25-20(3)23)17-14-12-10-8-6-5-7-9-11-13-15-18-24-19(2)22/h6,8,10,12-13,15,21H,4,14,16-18H2,1-3H3/b8-6+,12-10+,15-13+/t21-/m0/s1. The lowest BCUT2D eigenvalue weighted by molar-refractivity contribution is -0.147. The molecule has 134 valence electrons. The van der Waals surface area contributed by atoms with Crippen molar-refractivity contribution in [2.75, 3.05) is 6.61 Å². The number of carbonyl (C=O) groups is 2. The van der Waals surface area contributed by atoms with E-state index in [9.17, 15) is 9.59 Å². The van der Waals surface area contributed by atoms with Crippen LogP contribution in [0.15, 0.2) is 36.5 Å². The van der Waals surface area contributed by atoms with Crippen molar-refractivity contribution in [3.63, 3.8) is 0 Å². The topological polar surface area (TPSA) is 52.6 Å². The van der Waals surface area contributed by atoms with E-state index in [1.807, 2.05) is 18.2 Å². The van der Waals surface area contributed by atoms with Crippen LogP contribution in [0.2, 0.25) is 0 Å². The predicted octanol–water partition coefficient (Wildman–Crippen LogP) is 3.74. The summed E-state index contributed by atoms with van der Waals surface area (Å²) in [6.45, 7) is 5.10. The SMILES string of the molecule is CCC[C@@H](CC/C=C/C=C/C#CC#C/C=C/COC(C)=O)OC(C)=O. The minimum atomic E-state index is -0.317. The molecule has 0 aromatic carbocycles. The highest BCUT2D eigenvalue weighted by atomic mass is 16.5. The number of rotatable bonds is 9. The summed E-state index contributed by atoms with van der Waals surface area (Å²) >= 11 is 0. The summed E-state index contributed by atoms with van der Waals surface area (Å²) in [6, 6.07) is 0. The Balaban J connectivity index is 3.99. The van der Waals surface area contributed by atoms with Gasteiger partial charge in [-0.05, 0) is 49.3 Å². The van der Waals surface area contributed by atoms with E-state index in [0.717, 1.165) is 25.7 Å². The fourth-order valence-electron chi connectivity index (χ4n) is 1.81. The Morgan fingerprint density at radius 2 is 1.68 bits per heavy atom. The molecule has 0 aliphatic carbocycles. The molecule has 0 N–H and O–H groups in total. The Kier molecular flexibility index (Phi) is 14.4. The molecule has 1 atom stereocenters. The summed E-state index contributed by atoms with van der Waals surface area (Å²) in [4.78, 5) is 21.5. The van der Waals surface area contributed by atoms with Crippen LogP contribution in [-0.4, -0.2) is 24.6 Å². The van der Waals surface area contributed by atoms with Crippen molar-refractivity contribution in [2.24, 2.45) is 0 Å². The molecule has 0 bridgehead atoms. The van der Waals surface area contributed by atoms with Crippen LogP contribution in [-0.2, 0) is 19.1 Å². The lowest BCUT2D eigenvalue weighted by atomic mass is 10.1. The first-order chi connectivity index (χ1) is 12.1. The number of hydrogen-bond donors (Lipinski definition) is 0. The van der Waals surface area contributed by atoms with E-state index in [1.165, 1.54) is 13.8 Å². The monoisotopic (exact) mass is 342 g/mol. The molecule has 0 aromatic rings. The quantitative estimate of drug-likeness (QED) is 0.364. The minimum Gasteiger partial charge on any atom is -0.463 e. The second-order valence-corrected chi connectivity index (χ2v) is 5.13. The van der Waals surface area contributed by atoms with Gasteiger partial charge in [-0.15, -0.1) is 0 Å². The Morgan fingerprint density at radius 1 is 0.960 bits per heavy atom. The van der Waals surface area contributed by atoms with Gasteiger partial charge in [-0.1, -0.05) is 43.4 Å². The first kappa shape index (κ1) is 22.3. The average Bonchev–Trinajstić information content (AvgIpc) is 2.54. The molecule has 0 saturated carbocycles. The zero-order valence-corrected chi connectivity index (χ0v) is 15.2. The molecular formula is C21H26O4. The molecule has 25 heavy (non-hydrogen) atoms. The normalized spacial score (nSPS) is 11.6. The molecule has 4 heteroatoms. The van der Waals surface area contributed by atoms with Crippen LogP contribution >= 0.6 is 0 Å². The maximum atomic E-state index is 11.0. The van der Waals surface area contributed by atoms with Crippen LogP contribution in [0, 0.1) is 23.7 Å². The fraction of sp³-hybridized carbons (Fsp3) is 0.429. The van der Waals surface area contributed by atoms with Crippen LogP contribution in [0.25, 0.3) is 0 Å². The van der Waals surface area contributed by atoms with Crippen LogP contribution < -0.4 is 0 Å². The summed E-state index contributed by atoms with van der Waals surface area (Å²) < 4.78 is 9.96. The van der Waals surface area contributed by atoms with Gasteiger partial charge in [0.05, 0.1) is 0 Å². The number of hydrogen-bond acceptors (Lipinski definition) is 4. The van der Waals surface area contributed by atoms with Crippen molar-refractivity contribution < 1.29 is 19.1 Å². The lowest BCUT2D eigenvalue weighted by Crippen LogP contribution is -2.15. The van der Waals surface area contributed by atoms with Crippen LogP contribution in [0.4, 0.5) is 0 Å². The van der Waals surface area contributed by atoms with Gasteiger partial charge in [-0.25, -0.2) is 0 Å². The molecule has 0 aliphatic rings. The van der Waals surface area contributed by atoms with E-state index >= 15 is 0 Å². The molecule has 0 aromatic heterocycles. The van der Waals surface area contributed by atoms with Gasteiger partial charge in [-0.3, -0.25) is 9.59 Å². The first-order valence-electron chi connectivity index (χ1n) is 8.34. The molecule has 0 saturated heterocycles. The van der Waals surface area contributed by atoms with E-state index in [0.29, 0.717) is 0 Å². The molecule has 0 aliphatic heterocycles. The van der Waals surface area contributed by atoms with Crippen LogP contribution in [0.5, 0.6) is 0 Å². The van der Waals surface area contributed by atoms with Gasteiger partial charge in [0.15, 0.2) is 0 Å². The summed E-state index contributed by atoms with van der Waals surface area (Å²) in [5, 5.41) is 0. The summed E-state index contributed by atoms with van der Waals surface area (Å²) in [7, 11) is 0. The van der Waals surface area contributed by atoms with E-state index in [2.05, 4.69) is 30.6 Å². The molecule has 0 amide bonds. The van der Waals surface area contributed by atoms with Gasteiger partial charge in [0.25, 0.3) is 0 Å². The highest BCUT2D eigenvalue weighted by Crippen LogP contribution is 2.10. The highest BCUT2D eigenvalue weighted by Gasteiger charge is 2.09. The largest absolute Gasteiger partial charge is 0.463 e. The Hall–Kier alpha value is -2.72. The minimum absolute atomic E-state index is 0.0000899. The van der Waals surface area contributed by atoms with Crippen molar-refractivity contribution in [3.05, 3.63) is 36.5 Å². The molecule has 0 rings (SSSR count). The third-order valence-electron chi connectivity index (χ3n) is 2.82. The van der Waals surface area contributed by atoms with Gasteiger partial charge in [-0.2, -0.15) is 0 Å². The van der Waals surface area contributed by atoms with Gasteiger partial charge >= 0.3 is 11.9 Å². The third kappa shape index (κ3) is 17.5. The Labute approximate surface area is 151 Å². The van der Waals surface area contributed by atoms with Crippen molar-refractivity contribution in [1.82, 2.24) is 0 Å². The fourth-order valence-corrected chi connectivity index (χ4v) is 1.81. The van der Waals surface area contributed by atoms with E-state index in [-0.39, 0.29) is 24.6 Å². The van der Waals surface area contributed by atoms with Gasteiger partial charge < -0.3 is 9.47 Å². The molecule has 0 heterocycles. The Bertz CT molecular complexity index is 603. The molecule has 0 fully saturated rings. The van der Waals surface area contributed by atoms with Gasteiger partial charge in [0.2, 0.25) is 0 Å². The van der Waals surface area contributed by atoms with E-state index < -0.39 is 0 Å². The second-order valence-electron chi connectivity index (χ2n) is 5.13. The molecule has 4 nitrogen and oxygen atoms in total. The number of carbonyl (C=O) groups excluding carboxylic acids is 2. The highest BCUT2D eigenvalue weighted by molar-refractivity contribution is 5.66. The molecule has 0 unspecified atom stereocenters.